The topological polar surface area (TPSA) is 30.7 Å². The van der Waals surface area contributed by atoms with E-state index in [0.29, 0.717) is 0 Å². The fraction of sp³-hybridized carbons (Fsp3) is 0.143. The molecule has 2 rings (SSSR count). The van der Waals surface area contributed by atoms with Crippen molar-refractivity contribution in [2.75, 3.05) is 0 Å². The molecule has 3 nitrogen and oxygen atoms in total. The average Bonchev–Trinajstić information content (AvgIpc) is 2.27. The van der Waals surface area contributed by atoms with Gasteiger partial charge in [0.2, 0.25) is 0 Å². The van der Waals surface area contributed by atoms with Crippen molar-refractivity contribution in [3.05, 3.63) is 22.9 Å². The van der Waals surface area contributed by atoms with E-state index in [1.54, 1.807) is 4.68 Å². The highest BCUT2D eigenvalue weighted by atomic mass is 79.9. The Morgan fingerprint density at radius 2 is 2.18 bits per heavy atom. The molecular formula is C7H6BrN3. The summed E-state index contributed by atoms with van der Waals surface area (Å²) in [5, 5.41) is 4.19. The van der Waals surface area contributed by atoms with Crippen LogP contribution in [0.5, 0.6) is 0 Å². The van der Waals surface area contributed by atoms with E-state index in [9.17, 15) is 0 Å². The Bertz CT molecular complexity index is 393. The summed E-state index contributed by atoms with van der Waals surface area (Å²) in [7, 11) is 1.88. The molecule has 0 radical (unpaired) electrons. The third kappa shape index (κ3) is 1.14. The summed E-state index contributed by atoms with van der Waals surface area (Å²) in [6.45, 7) is 0. The maximum Gasteiger partial charge on any atom is 0.111 e. The molecule has 0 aliphatic carbocycles. The Balaban J connectivity index is 2.82. The summed E-state index contributed by atoms with van der Waals surface area (Å²) < 4.78 is 2.60. The summed E-state index contributed by atoms with van der Waals surface area (Å²) in [6, 6.07) is 3.82. The third-order valence-electron chi connectivity index (χ3n) is 1.44. The van der Waals surface area contributed by atoms with E-state index in [1.807, 2.05) is 25.4 Å². The minimum atomic E-state index is 0.845. The second-order valence-corrected chi connectivity index (χ2v) is 3.15. The predicted octanol–water partition coefficient (Wildman–Crippen LogP) is 1.73. The molecule has 4 heteroatoms. The van der Waals surface area contributed by atoms with Crippen LogP contribution in [0.2, 0.25) is 0 Å². The number of aromatic nitrogens is 3. The molecule has 0 aliphatic rings. The van der Waals surface area contributed by atoms with Crippen LogP contribution in [0.15, 0.2) is 22.9 Å². The lowest BCUT2D eigenvalue weighted by Crippen LogP contribution is -1.84. The van der Waals surface area contributed by atoms with E-state index < -0.39 is 0 Å². The van der Waals surface area contributed by atoms with Gasteiger partial charge in [0.15, 0.2) is 0 Å². The summed E-state index contributed by atoms with van der Waals surface area (Å²) in [5.41, 5.74) is 1.84. The van der Waals surface area contributed by atoms with Gasteiger partial charge in [0.25, 0.3) is 0 Å². The molecule has 0 aliphatic heterocycles. The SMILES string of the molecule is Cn1cc2nc(Br)ccc2n1. The van der Waals surface area contributed by atoms with Gasteiger partial charge in [0, 0.05) is 7.05 Å². The van der Waals surface area contributed by atoms with E-state index in [0.717, 1.165) is 15.6 Å². The first kappa shape index (κ1) is 6.79. The van der Waals surface area contributed by atoms with Crippen LogP contribution in [0.25, 0.3) is 11.0 Å². The average molecular weight is 212 g/mol. The molecule has 0 bridgehead atoms. The Morgan fingerprint density at radius 1 is 1.36 bits per heavy atom. The van der Waals surface area contributed by atoms with Gasteiger partial charge in [-0.3, -0.25) is 4.68 Å². The normalized spacial score (nSPS) is 10.7. The highest BCUT2D eigenvalue weighted by molar-refractivity contribution is 9.10. The van der Waals surface area contributed by atoms with E-state index in [1.165, 1.54) is 0 Å². The van der Waals surface area contributed by atoms with Crippen LogP contribution in [0.3, 0.4) is 0 Å². The summed E-state index contributed by atoms with van der Waals surface area (Å²) in [5.74, 6) is 0. The first-order valence-electron chi connectivity index (χ1n) is 3.21. The molecule has 0 amide bonds. The number of halogens is 1. The van der Waals surface area contributed by atoms with E-state index in [-0.39, 0.29) is 0 Å². The lowest BCUT2D eigenvalue weighted by molar-refractivity contribution is 0.779. The van der Waals surface area contributed by atoms with Crippen LogP contribution in [0.4, 0.5) is 0 Å². The quantitative estimate of drug-likeness (QED) is 0.622. The Labute approximate surface area is 72.2 Å². The molecule has 0 unspecified atom stereocenters. The Hall–Kier alpha value is -0.900. The van der Waals surface area contributed by atoms with Crippen LogP contribution >= 0.6 is 15.9 Å². The second kappa shape index (κ2) is 2.30. The van der Waals surface area contributed by atoms with E-state index in [2.05, 4.69) is 26.0 Å². The van der Waals surface area contributed by atoms with Gasteiger partial charge >= 0.3 is 0 Å². The number of rotatable bonds is 0. The second-order valence-electron chi connectivity index (χ2n) is 2.34. The fourth-order valence-corrected chi connectivity index (χ4v) is 1.32. The van der Waals surface area contributed by atoms with Crippen molar-refractivity contribution in [1.82, 2.24) is 14.8 Å². The van der Waals surface area contributed by atoms with Gasteiger partial charge in [0.05, 0.1) is 6.20 Å². The van der Waals surface area contributed by atoms with Crippen molar-refractivity contribution in [2.45, 2.75) is 0 Å². The highest BCUT2D eigenvalue weighted by Gasteiger charge is 1.98. The van der Waals surface area contributed by atoms with Crippen molar-refractivity contribution in [1.29, 1.82) is 0 Å². The fourth-order valence-electron chi connectivity index (χ4n) is 0.998. The van der Waals surface area contributed by atoms with Gasteiger partial charge in [-0.1, -0.05) is 0 Å². The van der Waals surface area contributed by atoms with Crippen LogP contribution in [0.1, 0.15) is 0 Å². The van der Waals surface area contributed by atoms with Gasteiger partial charge in [-0.05, 0) is 28.1 Å². The zero-order valence-corrected chi connectivity index (χ0v) is 7.54. The number of pyridine rings is 1. The molecule has 0 fully saturated rings. The van der Waals surface area contributed by atoms with Gasteiger partial charge in [-0.2, -0.15) is 5.10 Å². The molecule has 2 aromatic rings. The predicted molar refractivity (Wildman–Crippen MR) is 46.2 cm³/mol. The lowest BCUT2D eigenvalue weighted by atomic mass is 10.4. The molecule has 0 saturated heterocycles. The van der Waals surface area contributed by atoms with Crippen LogP contribution in [-0.4, -0.2) is 14.8 Å². The minimum absolute atomic E-state index is 0.845. The first-order chi connectivity index (χ1) is 5.25. The number of fused-ring (bicyclic) bond motifs is 1. The van der Waals surface area contributed by atoms with Gasteiger partial charge < -0.3 is 0 Å². The van der Waals surface area contributed by atoms with Crippen molar-refractivity contribution >= 4 is 27.0 Å². The lowest BCUT2D eigenvalue weighted by Gasteiger charge is -1.86. The van der Waals surface area contributed by atoms with Gasteiger partial charge in [-0.25, -0.2) is 4.98 Å². The van der Waals surface area contributed by atoms with Crippen LogP contribution < -0.4 is 0 Å². The number of nitrogens with zero attached hydrogens (tertiary/aromatic N) is 3. The van der Waals surface area contributed by atoms with Gasteiger partial charge in [-0.15, -0.1) is 0 Å². The number of aryl methyl sites for hydroxylation is 1. The molecule has 2 aromatic heterocycles. The zero-order chi connectivity index (χ0) is 7.84. The molecule has 0 spiro atoms. The highest BCUT2D eigenvalue weighted by Crippen LogP contribution is 2.12. The van der Waals surface area contributed by atoms with Crippen molar-refractivity contribution in [2.24, 2.45) is 7.05 Å². The summed E-state index contributed by atoms with van der Waals surface area (Å²) in [4.78, 5) is 4.23. The third-order valence-corrected chi connectivity index (χ3v) is 1.88. The molecule has 11 heavy (non-hydrogen) atoms. The molecule has 2 heterocycles. The van der Waals surface area contributed by atoms with Crippen molar-refractivity contribution < 1.29 is 0 Å². The van der Waals surface area contributed by atoms with Crippen molar-refractivity contribution in [3.63, 3.8) is 0 Å². The summed E-state index contributed by atoms with van der Waals surface area (Å²) in [6.07, 6.45) is 1.89. The zero-order valence-electron chi connectivity index (χ0n) is 5.95. The maximum absolute atomic E-state index is 4.23. The smallest absolute Gasteiger partial charge is 0.111 e. The van der Waals surface area contributed by atoms with Gasteiger partial charge in [0.1, 0.15) is 15.6 Å². The molecular weight excluding hydrogens is 206 g/mol. The Morgan fingerprint density at radius 3 is 3.00 bits per heavy atom. The molecule has 0 N–H and O–H groups in total. The van der Waals surface area contributed by atoms with Crippen LogP contribution in [-0.2, 0) is 7.05 Å². The number of hydrogen-bond acceptors (Lipinski definition) is 2. The maximum atomic E-state index is 4.23. The Kier molecular flexibility index (Phi) is 1.42. The largest absolute Gasteiger partial charge is 0.273 e. The number of hydrogen-bond donors (Lipinski definition) is 0. The minimum Gasteiger partial charge on any atom is -0.273 e. The van der Waals surface area contributed by atoms with Crippen LogP contribution in [0, 0.1) is 0 Å². The monoisotopic (exact) mass is 211 g/mol. The molecule has 0 saturated carbocycles. The standard InChI is InChI=1S/C7H6BrN3/c1-11-4-6-5(10-11)2-3-7(8)9-6/h2-4H,1H3. The van der Waals surface area contributed by atoms with E-state index >= 15 is 0 Å². The molecule has 0 atom stereocenters. The first-order valence-corrected chi connectivity index (χ1v) is 4.01. The summed E-state index contributed by atoms with van der Waals surface area (Å²) >= 11 is 3.29. The molecule has 0 aromatic carbocycles. The van der Waals surface area contributed by atoms with Crippen molar-refractivity contribution in [3.8, 4) is 0 Å². The van der Waals surface area contributed by atoms with E-state index in [4.69, 9.17) is 0 Å². The molecule has 56 valence electrons.